The van der Waals surface area contributed by atoms with Gasteiger partial charge in [0.05, 0.1) is 18.2 Å². The molecular formula is C14H22N4O. The Morgan fingerprint density at radius 2 is 2.16 bits per heavy atom. The van der Waals surface area contributed by atoms with E-state index < -0.39 is 0 Å². The first-order valence-corrected chi connectivity index (χ1v) is 7.57. The summed E-state index contributed by atoms with van der Waals surface area (Å²) in [6.07, 6.45) is 6.56. The zero-order valence-electron chi connectivity index (χ0n) is 11.5. The van der Waals surface area contributed by atoms with Gasteiger partial charge in [-0.2, -0.15) is 5.10 Å². The van der Waals surface area contributed by atoms with Gasteiger partial charge in [-0.15, -0.1) is 0 Å². The fourth-order valence-corrected chi connectivity index (χ4v) is 3.67. The molecule has 0 radical (unpaired) electrons. The van der Waals surface area contributed by atoms with Crippen LogP contribution in [0.1, 0.15) is 44.2 Å². The van der Waals surface area contributed by atoms with Crippen molar-refractivity contribution in [3.8, 4) is 0 Å². The van der Waals surface area contributed by atoms with Crippen LogP contribution < -0.4 is 10.6 Å². The Balaban J connectivity index is 1.68. The average molecular weight is 262 g/mol. The average Bonchev–Trinajstić information content (AvgIpc) is 3.02. The maximum Gasteiger partial charge on any atom is 0.153 e. The summed E-state index contributed by atoms with van der Waals surface area (Å²) in [5, 5.41) is 11.8. The second kappa shape index (κ2) is 4.40. The molecule has 4 rings (SSSR count). The van der Waals surface area contributed by atoms with E-state index >= 15 is 0 Å². The predicted molar refractivity (Wildman–Crippen MR) is 74.8 cm³/mol. The van der Waals surface area contributed by atoms with E-state index in [0.29, 0.717) is 18.2 Å². The molecule has 0 spiro atoms. The van der Waals surface area contributed by atoms with Crippen LogP contribution >= 0.6 is 0 Å². The molecule has 0 aliphatic carbocycles. The molecule has 2 N–H and O–H groups in total. The van der Waals surface area contributed by atoms with Crippen LogP contribution in [0.3, 0.4) is 0 Å². The lowest BCUT2D eigenvalue weighted by molar-refractivity contribution is 0.0174. The van der Waals surface area contributed by atoms with E-state index in [2.05, 4.69) is 22.2 Å². The summed E-state index contributed by atoms with van der Waals surface area (Å²) in [5.41, 5.74) is 1.38. The number of ether oxygens (including phenoxy) is 1. The predicted octanol–water partition coefficient (Wildman–Crippen LogP) is 2.17. The summed E-state index contributed by atoms with van der Waals surface area (Å²) in [4.78, 5) is 0. The number of aromatic nitrogens is 2. The lowest BCUT2D eigenvalue weighted by atomic mass is 10.0. The molecule has 3 atom stereocenters. The minimum absolute atomic E-state index is 0.345. The van der Waals surface area contributed by atoms with Crippen molar-refractivity contribution in [2.45, 2.75) is 57.3 Å². The van der Waals surface area contributed by atoms with E-state index in [0.717, 1.165) is 31.7 Å². The standard InChI is InChI=1S/C14H22N4O/c1-9-4-5-12(19-9)11-6-8-16-14-10-3-2-7-15-13(10)17-18(11)14/h9,11-12,16H,2-8H2,1H3,(H,15,17). The first kappa shape index (κ1) is 11.6. The third kappa shape index (κ3) is 1.83. The molecule has 3 aliphatic rings. The van der Waals surface area contributed by atoms with Crippen molar-refractivity contribution in [2.24, 2.45) is 0 Å². The van der Waals surface area contributed by atoms with Gasteiger partial charge < -0.3 is 15.4 Å². The number of rotatable bonds is 1. The molecule has 0 saturated carbocycles. The normalized spacial score (nSPS) is 33.2. The quantitative estimate of drug-likeness (QED) is 0.814. The Kier molecular flexibility index (Phi) is 2.69. The highest BCUT2D eigenvalue weighted by Crippen LogP contribution is 2.39. The Bertz CT molecular complexity index is 484. The Hall–Kier alpha value is -1.23. The lowest BCUT2D eigenvalue weighted by Crippen LogP contribution is -2.32. The zero-order chi connectivity index (χ0) is 12.8. The van der Waals surface area contributed by atoms with Gasteiger partial charge in [0, 0.05) is 18.7 Å². The van der Waals surface area contributed by atoms with Crippen LogP contribution in [0.25, 0.3) is 0 Å². The molecule has 1 aromatic heterocycles. The molecule has 3 aliphatic heterocycles. The fourth-order valence-electron chi connectivity index (χ4n) is 3.67. The molecule has 0 aromatic carbocycles. The fraction of sp³-hybridized carbons (Fsp3) is 0.786. The summed E-state index contributed by atoms with van der Waals surface area (Å²) in [6, 6.07) is 0.411. The van der Waals surface area contributed by atoms with Crippen LogP contribution in [0.15, 0.2) is 0 Å². The second-order valence-electron chi connectivity index (χ2n) is 6.00. The summed E-state index contributed by atoms with van der Waals surface area (Å²) in [7, 11) is 0. The maximum absolute atomic E-state index is 6.08. The van der Waals surface area contributed by atoms with Crippen LogP contribution in [0.2, 0.25) is 0 Å². The van der Waals surface area contributed by atoms with E-state index in [-0.39, 0.29) is 0 Å². The summed E-state index contributed by atoms with van der Waals surface area (Å²) >= 11 is 0. The van der Waals surface area contributed by atoms with Gasteiger partial charge in [-0.05, 0) is 39.0 Å². The smallest absolute Gasteiger partial charge is 0.153 e. The Morgan fingerprint density at radius 1 is 1.21 bits per heavy atom. The molecular weight excluding hydrogens is 240 g/mol. The van der Waals surface area contributed by atoms with Gasteiger partial charge in [-0.1, -0.05) is 0 Å². The van der Waals surface area contributed by atoms with Crippen LogP contribution in [0.4, 0.5) is 11.6 Å². The number of fused-ring (bicyclic) bond motifs is 3. The van der Waals surface area contributed by atoms with Crippen molar-refractivity contribution in [1.82, 2.24) is 9.78 Å². The molecule has 1 saturated heterocycles. The molecule has 4 heterocycles. The molecule has 1 aromatic rings. The molecule has 104 valence electrons. The maximum atomic E-state index is 6.08. The summed E-state index contributed by atoms with van der Waals surface area (Å²) in [5.74, 6) is 2.33. The molecule has 5 heteroatoms. The lowest BCUT2D eigenvalue weighted by Gasteiger charge is -2.30. The highest BCUT2D eigenvalue weighted by Gasteiger charge is 2.36. The highest BCUT2D eigenvalue weighted by atomic mass is 16.5. The van der Waals surface area contributed by atoms with Crippen LogP contribution in [0, 0.1) is 0 Å². The van der Waals surface area contributed by atoms with Crippen molar-refractivity contribution in [1.29, 1.82) is 0 Å². The number of anilines is 2. The van der Waals surface area contributed by atoms with Gasteiger partial charge in [0.25, 0.3) is 0 Å². The third-order valence-corrected chi connectivity index (χ3v) is 4.65. The SMILES string of the molecule is CC1CCC(C2CCNc3c4c(nn32)NCCC4)O1. The van der Waals surface area contributed by atoms with Crippen LogP contribution in [0.5, 0.6) is 0 Å². The van der Waals surface area contributed by atoms with Crippen molar-refractivity contribution >= 4 is 11.6 Å². The Morgan fingerprint density at radius 3 is 3.00 bits per heavy atom. The zero-order valence-corrected chi connectivity index (χ0v) is 11.5. The van der Waals surface area contributed by atoms with E-state index in [1.165, 1.54) is 30.6 Å². The monoisotopic (exact) mass is 262 g/mol. The van der Waals surface area contributed by atoms with Crippen LogP contribution in [-0.2, 0) is 11.2 Å². The topological polar surface area (TPSA) is 51.1 Å². The molecule has 0 amide bonds. The largest absolute Gasteiger partial charge is 0.373 e. The van der Waals surface area contributed by atoms with Crippen molar-refractivity contribution in [3.63, 3.8) is 0 Å². The molecule has 5 nitrogen and oxygen atoms in total. The Labute approximate surface area is 113 Å². The number of nitrogens with one attached hydrogen (secondary N) is 2. The van der Waals surface area contributed by atoms with E-state index in [1.807, 2.05) is 0 Å². The van der Waals surface area contributed by atoms with Gasteiger partial charge in [-0.25, -0.2) is 4.68 Å². The van der Waals surface area contributed by atoms with Gasteiger partial charge in [0.1, 0.15) is 5.82 Å². The van der Waals surface area contributed by atoms with Gasteiger partial charge >= 0.3 is 0 Å². The number of hydrogen-bond donors (Lipinski definition) is 2. The molecule has 1 fully saturated rings. The highest BCUT2D eigenvalue weighted by molar-refractivity contribution is 5.61. The van der Waals surface area contributed by atoms with E-state index in [1.54, 1.807) is 0 Å². The van der Waals surface area contributed by atoms with Gasteiger partial charge in [0.2, 0.25) is 0 Å². The van der Waals surface area contributed by atoms with Crippen molar-refractivity contribution < 1.29 is 4.74 Å². The third-order valence-electron chi connectivity index (χ3n) is 4.65. The molecule has 19 heavy (non-hydrogen) atoms. The first-order chi connectivity index (χ1) is 9.33. The minimum atomic E-state index is 0.345. The number of hydrogen-bond acceptors (Lipinski definition) is 4. The van der Waals surface area contributed by atoms with Gasteiger partial charge in [-0.3, -0.25) is 0 Å². The minimum Gasteiger partial charge on any atom is -0.373 e. The van der Waals surface area contributed by atoms with Gasteiger partial charge in [0.15, 0.2) is 5.82 Å². The molecule has 0 bridgehead atoms. The van der Waals surface area contributed by atoms with Crippen molar-refractivity contribution in [3.05, 3.63) is 5.56 Å². The van der Waals surface area contributed by atoms with E-state index in [4.69, 9.17) is 9.84 Å². The summed E-state index contributed by atoms with van der Waals surface area (Å²) in [6.45, 7) is 4.26. The summed E-state index contributed by atoms with van der Waals surface area (Å²) < 4.78 is 8.28. The number of nitrogens with zero attached hydrogens (tertiary/aromatic N) is 2. The van der Waals surface area contributed by atoms with E-state index in [9.17, 15) is 0 Å². The second-order valence-corrected chi connectivity index (χ2v) is 6.00. The van der Waals surface area contributed by atoms with Crippen LogP contribution in [-0.4, -0.2) is 35.1 Å². The van der Waals surface area contributed by atoms with Crippen molar-refractivity contribution in [2.75, 3.05) is 23.7 Å². The molecule has 3 unspecified atom stereocenters. The first-order valence-electron chi connectivity index (χ1n) is 7.57.